The van der Waals surface area contributed by atoms with E-state index in [1.807, 2.05) is 0 Å². The molecule has 13 heavy (non-hydrogen) atoms. The van der Waals surface area contributed by atoms with E-state index in [1.165, 1.54) is 0 Å². The summed E-state index contributed by atoms with van der Waals surface area (Å²) in [6, 6.07) is 0. The number of carbonyl (C=O) groups is 1. The topological polar surface area (TPSA) is 57.0 Å². The Bertz CT molecular complexity index is 300. The molecule has 1 aromatic rings. The second-order valence-corrected chi connectivity index (χ2v) is 3.06. The van der Waals surface area contributed by atoms with Crippen molar-refractivity contribution in [3.63, 3.8) is 0 Å². The van der Waals surface area contributed by atoms with E-state index in [9.17, 15) is 4.79 Å². The van der Waals surface area contributed by atoms with E-state index < -0.39 is 5.43 Å². The maximum atomic E-state index is 10.4. The van der Waals surface area contributed by atoms with Crippen LogP contribution in [0.25, 0.3) is 0 Å². The quantitative estimate of drug-likeness (QED) is 0.691. The summed E-state index contributed by atoms with van der Waals surface area (Å²) in [5.74, 6) is 0. The summed E-state index contributed by atoms with van der Waals surface area (Å²) in [6.07, 6.45) is 2.01. The van der Waals surface area contributed by atoms with Crippen LogP contribution in [0.1, 0.15) is 12.6 Å². The van der Waals surface area contributed by atoms with E-state index in [4.69, 9.17) is 16.3 Å². The zero-order chi connectivity index (χ0) is 9.84. The average molecular weight is 204 g/mol. The zero-order valence-corrected chi connectivity index (χ0v) is 8.15. The van der Waals surface area contributed by atoms with Crippen LogP contribution >= 0.6 is 11.6 Å². The van der Waals surface area contributed by atoms with Gasteiger partial charge in [0.2, 0.25) is 0 Å². The van der Waals surface area contributed by atoms with Crippen molar-refractivity contribution in [2.45, 2.75) is 19.4 Å². The average Bonchev–Trinajstić information content (AvgIpc) is 2.33. The van der Waals surface area contributed by atoms with Crippen molar-refractivity contribution in [3.05, 3.63) is 11.9 Å². The van der Waals surface area contributed by atoms with Gasteiger partial charge in [-0.25, -0.2) is 4.79 Å². The summed E-state index contributed by atoms with van der Waals surface area (Å²) in [5, 5.41) is 7.58. The maximum Gasteiger partial charge on any atom is 0.404 e. The molecule has 5 nitrogen and oxygen atoms in total. The van der Waals surface area contributed by atoms with Crippen molar-refractivity contribution in [2.24, 2.45) is 7.05 Å². The van der Waals surface area contributed by atoms with Gasteiger partial charge >= 0.3 is 5.43 Å². The van der Waals surface area contributed by atoms with Crippen LogP contribution < -0.4 is 0 Å². The lowest BCUT2D eigenvalue weighted by Crippen LogP contribution is -2.13. The second kappa shape index (κ2) is 4.23. The van der Waals surface area contributed by atoms with Gasteiger partial charge in [-0.2, -0.15) is 0 Å². The standard InChI is InChI=1S/C7H10ClN3O2/c1-5(13-7(8)12)3-6-4-11(2)10-9-6/h4-5H,3H2,1-2H3. The van der Waals surface area contributed by atoms with Gasteiger partial charge in [0.05, 0.1) is 5.69 Å². The molecule has 72 valence electrons. The highest BCUT2D eigenvalue weighted by Gasteiger charge is 2.09. The fraction of sp³-hybridized carbons (Fsp3) is 0.571. The van der Waals surface area contributed by atoms with Gasteiger partial charge in [0, 0.05) is 31.3 Å². The maximum absolute atomic E-state index is 10.4. The molecule has 0 bridgehead atoms. The number of aryl methyl sites for hydroxylation is 1. The number of aromatic nitrogens is 3. The molecular formula is C7H10ClN3O2. The van der Waals surface area contributed by atoms with Crippen molar-refractivity contribution in [2.75, 3.05) is 0 Å². The SMILES string of the molecule is CC(Cc1cn(C)nn1)OC(=O)Cl. The molecule has 6 heteroatoms. The van der Waals surface area contributed by atoms with Crippen LogP contribution in [-0.2, 0) is 18.2 Å². The fourth-order valence-electron chi connectivity index (χ4n) is 0.983. The van der Waals surface area contributed by atoms with Crippen LogP contribution in [0.3, 0.4) is 0 Å². The molecule has 0 radical (unpaired) electrons. The van der Waals surface area contributed by atoms with Gasteiger partial charge in [0.15, 0.2) is 0 Å². The minimum absolute atomic E-state index is 0.276. The van der Waals surface area contributed by atoms with Crippen molar-refractivity contribution in [1.82, 2.24) is 15.0 Å². The number of ether oxygens (including phenoxy) is 1. The number of carbonyl (C=O) groups excluding carboxylic acids is 1. The van der Waals surface area contributed by atoms with Crippen LogP contribution in [0.2, 0.25) is 0 Å². The molecule has 0 N–H and O–H groups in total. The van der Waals surface area contributed by atoms with Gasteiger partial charge in [0.1, 0.15) is 6.10 Å². The first-order valence-corrected chi connectivity index (χ1v) is 4.17. The third-order valence-corrected chi connectivity index (χ3v) is 1.53. The van der Waals surface area contributed by atoms with E-state index in [0.717, 1.165) is 5.69 Å². The zero-order valence-electron chi connectivity index (χ0n) is 7.40. The highest BCUT2D eigenvalue weighted by atomic mass is 35.5. The predicted octanol–water partition coefficient (Wildman–Crippen LogP) is 1.12. The molecular weight excluding hydrogens is 194 g/mol. The Morgan fingerprint density at radius 2 is 2.54 bits per heavy atom. The highest BCUT2D eigenvalue weighted by Crippen LogP contribution is 2.03. The number of hydrogen-bond donors (Lipinski definition) is 0. The van der Waals surface area contributed by atoms with Gasteiger partial charge < -0.3 is 4.74 Å². The third-order valence-electron chi connectivity index (χ3n) is 1.44. The molecule has 0 aliphatic carbocycles. The Kier molecular flexibility index (Phi) is 3.25. The molecule has 0 saturated carbocycles. The Labute approximate surface area is 80.6 Å². The number of rotatable bonds is 3. The van der Waals surface area contributed by atoms with E-state index in [0.29, 0.717) is 6.42 Å². The van der Waals surface area contributed by atoms with Gasteiger partial charge in [0.25, 0.3) is 0 Å². The molecule has 0 amide bonds. The summed E-state index contributed by atoms with van der Waals surface area (Å²) in [4.78, 5) is 10.4. The Balaban J connectivity index is 2.44. The van der Waals surface area contributed by atoms with E-state index in [1.54, 1.807) is 24.9 Å². The number of halogens is 1. The van der Waals surface area contributed by atoms with Crippen LogP contribution in [0.4, 0.5) is 4.79 Å². The molecule has 0 spiro atoms. The molecule has 0 saturated heterocycles. The Hall–Kier alpha value is -1.10. The summed E-state index contributed by atoms with van der Waals surface area (Å²) < 4.78 is 6.30. The molecule has 1 atom stereocenters. The minimum Gasteiger partial charge on any atom is -0.450 e. The van der Waals surface area contributed by atoms with Gasteiger partial charge in [-0.05, 0) is 6.92 Å². The molecule has 1 unspecified atom stereocenters. The highest BCUT2D eigenvalue weighted by molar-refractivity contribution is 6.61. The van der Waals surface area contributed by atoms with Crippen molar-refractivity contribution >= 4 is 17.0 Å². The lowest BCUT2D eigenvalue weighted by Gasteiger charge is -2.07. The fourth-order valence-corrected chi connectivity index (χ4v) is 1.14. The van der Waals surface area contributed by atoms with E-state index >= 15 is 0 Å². The monoisotopic (exact) mass is 203 g/mol. The first-order valence-electron chi connectivity index (χ1n) is 3.79. The summed E-state index contributed by atoms with van der Waals surface area (Å²) >= 11 is 5.04. The second-order valence-electron chi connectivity index (χ2n) is 2.75. The number of nitrogens with zero attached hydrogens (tertiary/aromatic N) is 3. The van der Waals surface area contributed by atoms with Crippen LogP contribution in [0.15, 0.2) is 6.20 Å². The van der Waals surface area contributed by atoms with Gasteiger partial charge in [-0.3, -0.25) is 4.68 Å². The lowest BCUT2D eigenvalue weighted by atomic mass is 10.2. The van der Waals surface area contributed by atoms with Crippen LogP contribution in [0, 0.1) is 0 Å². The molecule has 0 aliphatic heterocycles. The third kappa shape index (κ3) is 3.42. The normalized spacial score (nSPS) is 12.5. The molecule has 1 rings (SSSR count). The first kappa shape index (κ1) is 9.98. The lowest BCUT2D eigenvalue weighted by molar-refractivity contribution is 0.131. The molecule has 1 aromatic heterocycles. The van der Waals surface area contributed by atoms with Gasteiger partial charge in [-0.1, -0.05) is 5.21 Å². The minimum atomic E-state index is -0.795. The molecule has 0 aliphatic rings. The van der Waals surface area contributed by atoms with Crippen molar-refractivity contribution in [3.8, 4) is 0 Å². The van der Waals surface area contributed by atoms with Gasteiger partial charge in [-0.15, -0.1) is 5.10 Å². The van der Waals surface area contributed by atoms with E-state index in [2.05, 4.69) is 10.3 Å². The summed E-state index contributed by atoms with van der Waals surface area (Å²) in [7, 11) is 1.77. The van der Waals surface area contributed by atoms with Crippen molar-refractivity contribution in [1.29, 1.82) is 0 Å². The summed E-state index contributed by atoms with van der Waals surface area (Å²) in [5.41, 5.74) is -0.0238. The number of hydrogen-bond acceptors (Lipinski definition) is 4. The van der Waals surface area contributed by atoms with E-state index in [-0.39, 0.29) is 6.10 Å². The Morgan fingerprint density at radius 3 is 3.00 bits per heavy atom. The molecule has 1 heterocycles. The molecule has 0 fully saturated rings. The van der Waals surface area contributed by atoms with Crippen molar-refractivity contribution < 1.29 is 9.53 Å². The Morgan fingerprint density at radius 1 is 1.85 bits per heavy atom. The first-order chi connectivity index (χ1) is 6.08. The molecule has 0 aromatic carbocycles. The summed E-state index contributed by atoms with van der Waals surface area (Å²) in [6.45, 7) is 1.74. The predicted molar refractivity (Wildman–Crippen MR) is 46.5 cm³/mol. The largest absolute Gasteiger partial charge is 0.450 e. The van der Waals surface area contributed by atoms with Crippen LogP contribution in [0.5, 0.6) is 0 Å². The van der Waals surface area contributed by atoms with Crippen LogP contribution in [-0.4, -0.2) is 26.5 Å². The smallest absolute Gasteiger partial charge is 0.404 e.